The number of ketones is 1. The first-order chi connectivity index (χ1) is 17.0. The smallest absolute Gasteiger partial charge is 0.337 e. The summed E-state index contributed by atoms with van der Waals surface area (Å²) in [5, 5.41) is 0. The number of hydrogen-bond donors (Lipinski definition) is 0. The average Bonchev–Trinajstić information content (AvgIpc) is 3.24. The zero-order valence-electron chi connectivity index (χ0n) is 21.0. The van der Waals surface area contributed by atoms with Crippen LogP contribution >= 0.6 is 0 Å². The van der Waals surface area contributed by atoms with Gasteiger partial charge in [0, 0.05) is 37.2 Å². The number of rotatable bonds is 7. The van der Waals surface area contributed by atoms with E-state index in [-0.39, 0.29) is 59.9 Å². The SMILES string of the molecule is C=C1CC(OC(=O)C(=CC)COC(=O)C(=CC)COC(C)=O)C2C(=C)C(=O)OC2C2C(C)C(=O)CC12. The second-order valence-electron chi connectivity index (χ2n) is 9.35. The third kappa shape index (κ3) is 5.34. The van der Waals surface area contributed by atoms with E-state index in [1.54, 1.807) is 13.8 Å². The molecular weight excluding hydrogens is 468 g/mol. The van der Waals surface area contributed by atoms with E-state index >= 15 is 0 Å². The molecule has 0 amide bonds. The first kappa shape index (κ1) is 27.1. The molecule has 1 saturated heterocycles. The molecule has 9 heteroatoms. The van der Waals surface area contributed by atoms with Gasteiger partial charge in [-0.15, -0.1) is 0 Å². The second-order valence-corrected chi connectivity index (χ2v) is 9.35. The van der Waals surface area contributed by atoms with Crippen molar-refractivity contribution in [2.24, 2.45) is 23.7 Å². The number of carbonyl (C=O) groups is 5. The van der Waals surface area contributed by atoms with Crippen molar-refractivity contribution >= 4 is 29.7 Å². The van der Waals surface area contributed by atoms with E-state index in [1.165, 1.54) is 19.1 Å². The van der Waals surface area contributed by atoms with Gasteiger partial charge in [-0.25, -0.2) is 14.4 Å². The van der Waals surface area contributed by atoms with E-state index in [1.807, 2.05) is 6.92 Å². The topological polar surface area (TPSA) is 122 Å². The van der Waals surface area contributed by atoms with Crippen LogP contribution < -0.4 is 0 Å². The van der Waals surface area contributed by atoms with Gasteiger partial charge in [-0.1, -0.05) is 37.8 Å². The lowest BCUT2D eigenvalue weighted by molar-refractivity contribution is -0.150. The molecule has 3 aliphatic rings. The van der Waals surface area contributed by atoms with Gasteiger partial charge in [0.15, 0.2) is 0 Å². The van der Waals surface area contributed by atoms with Gasteiger partial charge >= 0.3 is 23.9 Å². The first-order valence-corrected chi connectivity index (χ1v) is 11.9. The largest absolute Gasteiger partial charge is 0.461 e. The van der Waals surface area contributed by atoms with Gasteiger partial charge in [0.05, 0.1) is 17.1 Å². The van der Waals surface area contributed by atoms with Crippen LogP contribution in [0.3, 0.4) is 0 Å². The van der Waals surface area contributed by atoms with Gasteiger partial charge in [0.1, 0.15) is 31.2 Å². The van der Waals surface area contributed by atoms with Gasteiger partial charge in [-0.3, -0.25) is 9.59 Å². The van der Waals surface area contributed by atoms with Crippen LogP contribution in [0, 0.1) is 23.7 Å². The van der Waals surface area contributed by atoms with Crippen LogP contribution in [0.5, 0.6) is 0 Å². The van der Waals surface area contributed by atoms with Crippen LogP contribution in [0.4, 0.5) is 0 Å². The lowest BCUT2D eigenvalue weighted by Gasteiger charge is -2.29. The summed E-state index contributed by atoms with van der Waals surface area (Å²) >= 11 is 0. The zero-order valence-corrected chi connectivity index (χ0v) is 21.0. The Hall–Kier alpha value is -3.49. The maximum atomic E-state index is 13.1. The molecule has 36 heavy (non-hydrogen) atoms. The highest BCUT2D eigenvalue weighted by Crippen LogP contribution is 2.52. The van der Waals surface area contributed by atoms with E-state index < -0.39 is 42.0 Å². The summed E-state index contributed by atoms with van der Waals surface area (Å²) in [4.78, 5) is 61.3. The molecule has 6 unspecified atom stereocenters. The van der Waals surface area contributed by atoms with Crippen molar-refractivity contribution in [2.75, 3.05) is 13.2 Å². The fourth-order valence-corrected chi connectivity index (χ4v) is 5.19. The third-order valence-corrected chi connectivity index (χ3v) is 7.27. The maximum absolute atomic E-state index is 13.1. The Morgan fingerprint density at radius 1 is 1.00 bits per heavy atom. The molecule has 0 aromatic carbocycles. The lowest BCUT2D eigenvalue weighted by Crippen LogP contribution is -2.38. The molecule has 0 bridgehead atoms. The van der Waals surface area contributed by atoms with Crippen LogP contribution in [-0.2, 0) is 42.9 Å². The van der Waals surface area contributed by atoms with Crippen molar-refractivity contribution in [3.63, 3.8) is 0 Å². The van der Waals surface area contributed by atoms with Gasteiger partial charge in [-0.2, -0.15) is 0 Å². The Morgan fingerprint density at radius 3 is 2.22 bits per heavy atom. The van der Waals surface area contributed by atoms with Crippen molar-refractivity contribution in [2.45, 2.75) is 52.7 Å². The Labute approximate surface area is 210 Å². The number of esters is 4. The van der Waals surface area contributed by atoms with E-state index in [2.05, 4.69) is 13.2 Å². The Bertz CT molecular complexity index is 1060. The molecule has 194 valence electrons. The van der Waals surface area contributed by atoms with Crippen LogP contribution in [-0.4, -0.2) is 55.1 Å². The minimum absolute atomic E-state index is 0.0947. The van der Waals surface area contributed by atoms with E-state index in [9.17, 15) is 24.0 Å². The molecule has 0 spiro atoms. The van der Waals surface area contributed by atoms with E-state index in [0.717, 1.165) is 5.57 Å². The van der Waals surface area contributed by atoms with Gasteiger partial charge in [0.2, 0.25) is 0 Å². The highest BCUT2D eigenvalue weighted by Gasteiger charge is 2.57. The average molecular weight is 501 g/mol. The summed E-state index contributed by atoms with van der Waals surface area (Å²) < 4.78 is 21.5. The second kappa shape index (κ2) is 11.1. The molecule has 3 fully saturated rings. The number of fused-ring (bicyclic) bond motifs is 3. The van der Waals surface area contributed by atoms with Crippen LogP contribution in [0.1, 0.15) is 40.5 Å². The zero-order chi connectivity index (χ0) is 26.7. The third-order valence-electron chi connectivity index (χ3n) is 7.27. The van der Waals surface area contributed by atoms with Crippen molar-refractivity contribution in [3.05, 3.63) is 47.6 Å². The fraction of sp³-hybridized carbons (Fsp3) is 0.519. The van der Waals surface area contributed by atoms with Gasteiger partial charge in [-0.05, 0) is 19.8 Å². The fourth-order valence-electron chi connectivity index (χ4n) is 5.19. The number of ether oxygens (including phenoxy) is 4. The normalized spacial score (nSPS) is 30.2. The number of allylic oxidation sites excluding steroid dienone is 2. The monoisotopic (exact) mass is 500 g/mol. The summed E-state index contributed by atoms with van der Waals surface area (Å²) in [6.45, 7) is 13.7. The molecule has 1 heterocycles. The minimum atomic E-state index is -0.775. The molecule has 0 N–H and O–H groups in total. The molecule has 0 aromatic rings. The Morgan fingerprint density at radius 2 is 1.61 bits per heavy atom. The Kier molecular flexibility index (Phi) is 8.32. The molecule has 9 nitrogen and oxygen atoms in total. The maximum Gasteiger partial charge on any atom is 0.337 e. The van der Waals surface area contributed by atoms with Crippen LogP contribution in [0.2, 0.25) is 0 Å². The molecule has 2 aliphatic carbocycles. The molecule has 0 radical (unpaired) electrons. The minimum Gasteiger partial charge on any atom is -0.461 e. The summed E-state index contributed by atoms with van der Waals surface area (Å²) in [5.41, 5.74) is 1.20. The van der Waals surface area contributed by atoms with Crippen molar-refractivity contribution in [3.8, 4) is 0 Å². The van der Waals surface area contributed by atoms with Crippen molar-refractivity contribution in [1.82, 2.24) is 0 Å². The molecular formula is C27H32O9. The van der Waals surface area contributed by atoms with Gasteiger partial charge < -0.3 is 18.9 Å². The lowest BCUT2D eigenvalue weighted by atomic mass is 9.79. The van der Waals surface area contributed by atoms with Gasteiger partial charge in [0.25, 0.3) is 0 Å². The summed E-state index contributed by atoms with van der Waals surface area (Å²) in [5.74, 6) is -3.79. The molecule has 1 aliphatic heterocycles. The first-order valence-electron chi connectivity index (χ1n) is 11.9. The highest BCUT2D eigenvalue weighted by atomic mass is 16.6. The standard InChI is InChI=1S/C27H32O9/c1-7-17(11-33-16(6)28)26(31)34-12-18(8-2)27(32)35-21-9-13(3)19-10-20(29)14(4)22(19)24-23(21)15(5)25(30)36-24/h7-8,14,19,21-24H,3,5,9-12H2,1-2,4,6H3. The predicted molar refractivity (Wildman–Crippen MR) is 127 cm³/mol. The molecule has 6 atom stereocenters. The Balaban J connectivity index is 1.73. The van der Waals surface area contributed by atoms with E-state index in [4.69, 9.17) is 18.9 Å². The molecule has 0 aromatic heterocycles. The summed E-state index contributed by atoms with van der Waals surface area (Å²) in [6, 6.07) is 0. The number of Topliss-reactive ketones (excluding diaryl/α,β-unsaturated/α-hetero) is 1. The quantitative estimate of drug-likeness (QED) is 0.225. The number of hydrogen-bond acceptors (Lipinski definition) is 9. The summed E-state index contributed by atoms with van der Waals surface area (Å²) in [6.07, 6.45) is 2.09. The van der Waals surface area contributed by atoms with Crippen molar-refractivity contribution in [1.29, 1.82) is 0 Å². The molecule has 2 saturated carbocycles. The number of carbonyl (C=O) groups excluding carboxylic acids is 5. The molecule has 3 rings (SSSR count). The van der Waals surface area contributed by atoms with Crippen molar-refractivity contribution < 1.29 is 42.9 Å². The predicted octanol–water partition coefficient (Wildman–Crippen LogP) is 2.80. The van der Waals surface area contributed by atoms with Crippen LogP contribution in [0.25, 0.3) is 0 Å². The highest BCUT2D eigenvalue weighted by molar-refractivity contribution is 5.93. The van der Waals surface area contributed by atoms with E-state index in [0.29, 0.717) is 6.42 Å². The van der Waals surface area contributed by atoms with Crippen LogP contribution in [0.15, 0.2) is 47.6 Å². The summed E-state index contributed by atoms with van der Waals surface area (Å²) in [7, 11) is 0.